The lowest BCUT2D eigenvalue weighted by Crippen LogP contribution is -2.22. The van der Waals surface area contributed by atoms with Crippen LogP contribution >= 0.6 is 22.6 Å². The molecule has 1 rings (SSSR count). The Balaban J connectivity index is 2.90. The first-order valence-electron chi connectivity index (χ1n) is 4.06. The zero-order chi connectivity index (χ0) is 10.1. The lowest BCUT2D eigenvalue weighted by Gasteiger charge is -2.21. The van der Waals surface area contributed by atoms with E-state index in [9.17, 15) is 5.11 Å². The normalized spacial score (nSPS) is 11.4. The highest BCUT2D eigenvalue weighted by Crippen LogP contribution is 2.30. The van der Waals surface area contributed by atoms with Gasteiger partial charge >= 0.3 is 0 Å². The summed E-state index contributed by atoms with van der Waals surface area (Å²) in [6.45, 7) is 5.85. The van der Waals surface area contributed by atoms with Crippen molar-refractivity contribution in [3.8, 4) is 11.5 Å². The Morgan fingerprint density at radius 1 is 1.31 bits per heavy atom. The van der Waals surface area contributed by atoms with E-state index in [2.05, 4.69) is 22.6 Å². The van der Waals surface area contributed by atoms with Crippen molar-refractivity contribution in [3.05, 3.63) is 21.8 Å². The van der Waals surface area contributed by atoms with Gasteiger partial charge in [0.05, 0.1) is 0 Å². The molecule has 1 aromatic rings. The minimum Gasteiger partial charge on any atom is -0.504 e. The second kappa shape index (κ2) is 3.74. The minimum absolute atomic E-state index is 0.196. The van der Waals surface area contributed by atoms with E-state index in [0.29, 0.717) is 5.75 Å². The van der Waals surface area contributed by atoms with Crippen LogP contribution in [0.15, 0.2) is 18.2 Å². The SMILES string of the molecule is CC(C)(C)Oc1ccc(I)cc1O. The molecular formula is C10H13IO2. The van der Waals surface area contributed by atoms with Gasteiger partial charge in [0.15, 0.2) is 11.5 Å². The number of hydrogen-bond acceptors (Lipinski definition) is 2. The molecule has 2 nitrogen and oxygen atoms in total. The zero-order valence-corrected chi connectivity index (χ0v) is 10.1. The molecule has 0 unspecified atom stereocenters. The molecule has 0 saturated carbocycles. The van der Waals surface area contributed by atoms with Crippen molar-refractivity contribution in [3.63, 3.8) is 0 Å². The summed E-state index contributed by atoms with van der Waals surface area (Å²) >= 11 is 2.14. The van der Waals surface area contributed by atoms with E-state index in [4.69, 9.17) is 4.74 Å². The van der Waals surface area contributed by atoms with Crippen LogP contribution in [0.1, 0.15) is 20.8 Å². The number of ether oxygens (including phenoxy) is 1. The standard InChI is InChI=1S/C10H13IO2/c1-10(2,3)13-9-5-4-7(11)6-8(9)12/h4-6,12H,1-3H3. The fourth-order valence-electron chi connectivity index (χ4n) is 0.907. The van der Waals surface area contributed by atoms with Crippen LogP contribution in [0.4, 0.5) is 0 Å². The summed E-state index contributed by atoms with van der Waals surface area (Å²) in [5.74, 6) is 0.731. The second-order valence-electron chi connectivity index (χ2n) is 3.83. The van der Waals surface area contributed by atoms with Crippen molar-refractivity contribution in [1.29, 1.82) is 0 Å². The number of halogens is 1. The van der Waals surface area contributed by atoms with Crippen molar-refractivity contribution in [2.24, 2.45) is 0 Å². The molecular weight excluding hydrogens is 279 g/mol. The van der Waals surface area contributed by atoms with Gasteiger partial charge in [-0.3, -0.25) is 0 Å². The first kappa shape index (κ1) is 10.6. The Bertz CT molecular complexity index is 302. The third kappa shape index (κ3) is 3.42. The molecule has 0 fully saturated rings. The van der Waals surface area contributed by atoms with E-state index in [1.165, 1.54) is 0 Å². The van der Waals surface area contributed by atoms with E-state index in [1.54, 1.807) is 12.1 Å². The van der Waals surface area contributed by atoms with Crippen molar-refractivity contribution in [2.75, 3.05) is 0 Å². The van der Waals surface area contributed by atoms with Gasteiger partial charge in [-0.25, -0.2) is 0 Å². The zero-order valence-electron chi connectivity index (χ0n) is 7.97. The average molecular weight is 292 g/mol. The van der Waals surface area contributed by atoms with Gasteiger partial charge in [-0.15, -0.1) is 0 Å². The lowest BCUT2D eigenvalue weighted by atomic mass is 10.2. The van der Waals surface area contributed by atoms with Crippen molar-refractivity contribution in [2.45, 2.75) is 26.4 Å². The molecule has 13 heavy (non-hydrogen) atoms. The summed E-state index contributed by atoms with van der Waals surface area (Å²) in [4.78, 5) is 0. The topological polar surface area (TPSA) is 29.5 Å². The predicted octanol–water partition coefficient (Wildman–Crippen LogP) is 3.17. The molecule has 0 spiro atoms. The molecule has 0 atom stereocenters. The van der Waals surface area contributed by atoms with Gasteiger partial charge in [-0.05, 0) is 61.6 Å². The lowest BCUT2D eigenvalue weighted by molar-refractivity contribution is 0.126. The molecule has 0 aliphatic heterocycles. The number of phenols is 1. The maximum absolute atomic E-state index is 9.52. The van der Waals surface area contributed by atoms with Crippen molar-refractivity contribution >= 4 is 22.6 Å². The van der Waals surface area contributed by atoms with Crippen molar-refractivity contribution in [1.82, 2.24) is 0 Å². The molecule has 1 aromatic carbocycles. The monoisotopic (exact) mass is 292 g/mol. The summed E-state index contributed by atoms with van der Waals surface area (Å²) in [5.41, 5.74) is -0.274. The van der Waals surface area contributed by atoms with Crippen LogP contribution < -0.4 is 4.74 Å². The molecule has 0 heterocycles. The van der Waals surface area contributed by atoms with Gasteiger partial charge in [-0.1, -0.05) is 0 Å². The fourth-order valence-corrected chi connectivity index (χ4v) is 1.38. The van der Waals surface area contributed by atoms with E-state index >= 15 is 0 Å². The highest BCUT2D eigenvalue weighted by atomic mass is 127. The summed E-state index contributed by atoms with van der Waals surface area (Å²) in [7, 11) is 0. The third-order valence-corrected chi connectivity index (χ3v) is 2.01. The molecule has 3 heteroatoms. The van der Waals surface area contributed by atoms with E-state index in [1.807, 2.05) is 26.8 Å². The number of phenolic OH excluding ortho intramolecular Hbond substituents is 1. The predicted molar refractivity (Wildman–Crippen MR) is 61.2 cm³/mol. The first-order valence-corrected chi connectivity index (χ1v) is 5.14. The maximum atomic E-state index is 9.52. The minimum atomic E-state index is -0.274. The highest BCUT2D eigenvalue weighted by Gasteiger charge is 2.14. The molecule has 0 bridgehead atoms. The van der Waals surface area contributed by atoms with E-state index in [0.717, 1.165) is 3.57 Å². The van der Waals surface area contributed by atoms with Crippen LogP contribution in [0, 0.1) is 3.57 Å². The Morgan fingerprint density at radius 3 is 2.38 bits per heavy atom. The molecule has 0 aliphatic carbocycles. The molecule has 0 saturated heterocycles. The summed E-state index contributed by atoms with van der Waals surface area (Å²) < 4.78 is 6.53. The molecule has 1 N–H and O–H groups in total. The van der Waals surface area contributed by atoms with Gasteiger partial charge in [0, 0.05) is 3.57 Å². The highest BCUT2D eigenvalue weighted by molar-refractivity contribution is 14.1. The van der Waals surface area contributed by atoms with Crippen LogP contribution in [-0.2, 0) is 0 Å². The maximum Gasteiger partial charge on any atom is 0.161 e. The molecule has 0 aromatic heterocycles. The third-order valence-electron chi connectivity index (χ3n) is 1.34. The van der Waals surface area contributed by atoms with Gasteiger partial charge in [0.2, 0.25) is 0 Å². The molecule has 0 amide bonds. The van der Waals surface area contributed by atoms with Gasteiger partial charge in [-0.2, -0.15) is 0 Å². The first-order chi connectivity index (χ1) is 5.88. The number of aromatic hydroxyl groups is 1. The van der Waals surface area contributed by atoms with Crippen LogP contribution in [0.5, 0.6) is 11.5 Å². The second-order valence-corrected chi connectivity index (χ2v) is 5.07. The Kier molecular flexibility index (Phi) is 3.05. The van der Waals surface area contributed by atoms with Gasteiger partial charge < -0.3 is 9.84 Å². The fraction of sp³-hybridized carbons (Fsp3) is 0.400. The Hall–Kier alpha value is -0.450. The van der Waals surface area contributed by atoms with Crippen LogP contribution in [0.3, 0.4) is 0 Å². The average Bonchev–Trinajstić information content (AvgIpc) is 1.93. The van der Waals surface area contributed by atoms with Gasteiger partial charge in [0.25, 0.3) is 0 Å². The number of rotatable bonds is 1. The quantitative estimate of drug-likeness (QED) is 0.806. The number of hydrogen-bond donors (Lipinski definition) is 1. The van der Waals surface area contributed by atoms with Crippen LogP contribution in [0.25, 0.3) is 0 Å². The van der Waals surface area contributed by atoms with E-state index in [-0.39, 0.29) is 11.4 Å². The number of benzene rings is 1. The van der Waals surface area contributed by atoms with Gasteiger partial charge in [0.1, 0.15) is 5.60 Å². The smallest absolute Gasteiger partial charge is 0.161 e. The summed E-state index contributed by atoms with van der Waals surface area (Å²) in [5, 5.41) is 9.52. The summed E-state index contributed by atoms with van der Waals surface area (Å²) in [6, 6.07) is 5.37. The molecule has 0 radical (unpaired) electrons. The summed E-state index contributed by atoms with van der Waals surface area (Å²) in [6.07, 6.45) is 0. The van der Waals surface area contributed by atoms with E-state index < -0.39 is 0 Å². The van der Waals surface area contributed by atoms with Crippen LogP contribution in [0.2, 0.25) is 0 Å². The van der Waals surface area contributed by atoms with Crippen molar-refractivity contribution < 1.29 is 9.84 Å². The Labute approximate surface area is 92.1 Å². The Morgan fingerprint density at radius 2 is 1.92 bits per heavy atom. The molecule has 72 valence electrons. The van der Waals surface area contributed by atoms with Crippen LogP contribution in [-0.4, -0.2) is 10.7 Å². The largest absolute Gasteiger partial charge is 0.504 e. The molecule has 0 aliphatic rings.